The molecule has 2 heteroatoms. The molecule has 1 aromatic heterocycles. The lowest BCUT2D eigenvalue weighted by molar-refractivity contribution is 0.669. The van der Waals surface area contributed by atoms with Crippen molar-refractivity contribution >= 4 is 60.5 Å². The first-order valence-electron chi connectivity index (χ1n) is 12.6. The highest BCUT2D eigenvalue weighted by Gasteiger charge is 2.24. The van der Waals surface area contributed by atoms with Crippen LogP contribution in [-0.4, -0.2) is 0 Å². The number of aryl methyl sites for hydroxylation is 2. The number of hydrogen-bond donors (Lipinski definition) is 0. The van der Waals surface area contributed by atoms with Crippen molar-refractivity contribution in [2.24, 2.45) is 0 Å². The van der Waals surface area contributed by atoms with Gasteiger partial charge in [0.05, 0.1) is 11.4 Å². The lowest BCUT2D eigenvalue weighted by Crippen LogP contribution is -2.12. The predicted octanol–water partition coefficient (Wildman–Crippen LogP) is 9.46. The van der Waals surface area contributed by atoms with E-state index in [0.717, 1.165) is 46.2 Å². The SMILES string of the molecule is c1ccc(N(c2cc3cccc4c3c3c(cccc23)CC4)c2cccc3c2oc2ccccc23)cc1. The third kappa shape index (κ3) is 2.73. The van der Waals surface area contributed by atoms with Gasteiger partial charge in [-0.05, 0) is 70.5 Å². The molecule has 0 amide bonds. The standard InChI is InChI=1S/C34H23NO/c1-2-12-25(13-3-1)35(29-17-8-15-27-26-14-4-5-18-31(26)36-34(27)29)30-21-24-11-6-9-22-19-20-23-10-7-16-28(30)33(23)32(22)24/h1-18,21H,19-20H2. The summed E-state index contributed by atoms with van der Waals surface area (Å²) in [5.74, 6) is 0. The molecular weight excluding hydrogens is 438 g/mol. The van der Waals surface area contributed by atoms with Crippen LogP contribution in [-0.2, 0) is 12.8 Å². The average Bonchev–Trinajstić information content (AvgIpc) is 3.32. The van der Waals surface area contributed by atoms with Crippen molar-refractivity contribution in [2.45, 2.75) is 12.8 Å². The number of anilines is 3. The largest absolute Gasteiger partial charge is 0.454 e. The van der Waals surface area contributed by atoms with Gasteiger partial charge in [0.25, 0.3) is 0 Å². The molecule has 0 N–H and O–H groups in total. The molecule has 170 valence electrons. The van der Waals surface area contributed by atoms with Crippen LogP contribution in [0.2, 0.25) is 0 Å². The number of benzene rings is 6. The summed E-state index contributed by atoms with van der Waals surface area (Å²) in [6, 6.07) is 41.4. The van der Waals surface area contributed by atoms with Crippen LogP contribution in [0, 0.1) is 0 Å². The second-order valence-electron chi connectivity index (χ2n) is 9.67. The summed E-state index contributed by atoms with van der Waals surface area (Å²) >= 11 is 0. The third-order valence-electron chi connectivity index (χ3n) is 7.70. The Morgan fingerprint density at radius 1 is 0.528 bits per heavy atom. The first kappa shape index (κ1) is 19.7. The van der Waals surface area contributed by atoms with Gasteiger partial charge in [-0.1, -0.05) is 84.9 Å². The van der Waals surface area contributed by atoms with Crippen LogP contribution in [0.4, 0.5) is 17.1 Å². The maximum atomic E-state index is 6.52. The lowest BCUT2D eigenvalue weighted by Gasteiger charge is -2.29. The Morgan fingerprint density at radius 2 is 1.22 bits per heavy atom. The number of rotatable bonds is 3. The van der Waals surface area contributed by atoms with Gasteiger partial charge in [-0.25, -0.2) is 0 Å². The van der Waals surface area contributed by atoms with E-state index >= 15 is 0 Å². The second-order valence-corrected chi connectivity index (χ2v) is 9.67. The van der Waals surface area contributed by atoms with E-state index in [2.05, 4.69) is 114 Å². The van der Waals surface area contributed by atoms with E-state index in [-0.39, 0.29) is 0 Å². The minimum Gasteiger partial charge on any atom is -0.454 e. The summed E-state index contributed by atoms with van der Waals surface area (Å²) in [5, 5.41) is 7.66. The van der Waals surface area contributed by atoms with E-state index < -0.39 is 0 Å². The Hall–Kier alpha value is -4.56. The van der Waals surface area contributed by atoms with Gasteiger partial charge in [-0.2, -0.15) is 0 Å². The highest BCUT2D eigenvalue weighted by atomic mass is 16.3. The normalized spacial score (nSPS) is 12.8. The Kier molecular flexibility index (Phi) is 4.09. The monoisotopic (exact) mass is 461 g/mol. The molecule has 0 fully saturated rings. The van der Waals surface area contributed by atoms with Gasteiger partial charge >= 0.3 is 0 Å². The molecule has 2 nitrogen and oxygen atoms in total. The molecule has 0 atom stereocenters. The van der Waals surface area contributed by atoms with Crippen LogP contribution in [0.1, 0.15) is 11.1 Å². The molecule has 0 radical (unpaired) electrons. The fourth-order valence-corrected chi connectivity index (χ4v) is 6.14. The van der Waals surface area contributed by atoms with Crippen molar-refractivity contribution in [3.05, 3.63) is 126 Å². The molecule has 6 aromatic carbocycles. The summed E-state index contributed by atoms with van der Waals surface area (Å²) in [4.78, 5) is 2.38. The fraction of sp³-hybridized carbons (Fsp3) is 0.0588. The van der Waals surface area contributed by atoms with E-state index in [4.69, 9.17) is 4.42 Å². The Balaban J connectivity index is 1.52. The molecule has 0 saturated carbocycles. The van der Waals surface area contributed by atoms with Crippen LogP contribution in [0.25, 0.3) is 43.5 Å². The third-order valence-corrected chi connectivity index (χ3v) is 7.70. The predicted molar refractivity (Wildman–Crippen MR) is 151 cm³/mol. The zero-order valence-corrected chi connectivity index (χ0v) is 19.7. The quantitative estimate of drug-likeness (QED) is 0.244. The molecule has 1 aliphatic rings. The van der Waals surface area contributed by atoms with Crippen molar-refractivity contribution in [1.29, 1.82) is 0 Å². The molecule has 1 aliphatic carbocycles. The molecule has 0 bridgehead atoms. The molecule has 8 rings (SSSR count). The topological polar surface area (TPSA) is 16.4 Å². The van der Waals surface area contributed by atoms with Crippen LogP contribution in [0.5, 0.6) is 0 Å². The number of hydrogen-bond acceptors (Lipinski definition) is 2. The minimum absolute atomic E-state index is 0.910. The average molecular weight is 462 g/mol. The Labute approximate surface area is 209 Å². The Morgan fingerprint density at radius 3 is 2.11 bits per heavy atom. The minimum atomic E-state index is 0.910. The summed E-state index contributed by atoms with van der Waals surface area (Å²) in [6.45, 7) is 0. The number of fused-ring (bicyclic) bond motifs is 3. The molecule has 0 unspecified atom stereocenters. The molecule has 36 heavy (non-hydrogen) atoms. The van der Waals surface area contributed by atoms with Gasteiger partial charge in [0.1, 0.15) is 5.58 Å². The van der Waals surface area contributed by atoms with Gasteiger partial charge in [-0.15, -0.1) is 0 Å². The van der Waals surface area contributed by atoms with Gasteiger partial charge in [0.2, 0.25) is 0 Å². The van der Waals surface area contributed by atoms with Crippen molar-refractivity contribution in [1.82, 2.24) is 0 Å². The zero-order valence-electron chi connectivity index (χ0n) is 19.7. The lowest BCUT2D eigenvalue weighted by atomic mass is 9.85. The van der Waals surface area contributed by atoms with E-state index in [0.29, 0.717) is 0 Å². The van der Waals surface area contributed by atoms with E-state index in [1.54, 1.807) is 0 Å². The van der Waals surface area contributed by atoms with Crippen molar-refractivity contribution in [3.8, 4) is 0 Å². The van der Waals surface area contributed by atoms with E-state index in [9.17, 15) is 0 Å². The summed E-state index contributed by atoms with van der Waals surface area (Å²) in [5.41, 5.74) is 8.06. The van der Waals surface area contributed by atoms with Crippen LogP contribution in [0.15, 0.2) is 120 Å². The molecule has 7 aromatic rings. The van der Waals surface area contributed by atoms with Crippen LogP contribution >= 0.6 is 0 Å². The number of para-hydroxylation sites is 3. The number of nitrogens with zero attached hydrogens (tertiary/aromatic N) is 1. The highest BCUT2D eigenvalue weighted by molar-refractivity contribution is 6.19. The molecule has 1 heterocycles. The highest BCUT2D eigenvalue weighted by Crippen LogP contribution is 2.47. The molecular formula is C34H23NO. The van der Waals surface area contributed by atoms with E-state index in [1.165, 1.54) is 38.4 Å². The first-order chi connectivity index (χ1) is 17.9. The molecule has 0 spiro atoms. The Bertz CT molecular complexity index is 1950. The van der Waals surface area contributed by atoms with Gasteiger partial charge in [0.15, 0.2) is 5.58 Å². The van der Waals surface area contributed by atoms with Crippen molar-refractivity contribution < 1.29 is 4.42 Å². The summed E-state index contributed by atoms with van der Waals surface area (Å²) < 4.78 is 6.52. The molecule has 0 saturated heterocycles. The van der Waals surface area contributed by atoms with Gasteiger partial charge in [-0.3, -0.25) is 0 Å². The van der Waals surface area contributed by atoms with E-state index in [1.807, 2.05) is 6.07 Å². The first-order valence-corrected chi connectivity index (χ1v) is 12.6. The fourth-order valence-electron chi connectivity index (χ4n) is 6.14. The number of furan rings is 1. The maximum absolute atomic E-state index is 6.52. The van der Waals surface area contributed by atoms with Gasteiger partial charge in [0, 0.05) is 21.8 Å². The van der Waals surface area contributed by atoms with Crippen LogP contribution < -0.4 is 4.90 Å². The van der Waals surface area contributed by atoms with Crippen molar-refractivity contribution in [3.63, 3.8) is 0 Å². The van der Waals surface area contributed by atoms with Gasteiger partial charge < -0.3 is 9.32 Å². The maximum Gasteiger partial charge on any atom is 0.159 e. The summed E-state index contributed by atoms with van der Waals surface area (Å²) in [6.07, 6.45) is 2.18. The second kappa shape index (κ2) is 7.47. The van der Waals surface area contributed by atoms with Crippen molar-refractivity contribution in [2.75, 3.05) is 4.90 Å². The van der Waals surface area contributed by atoms with Crippen LogP contribution in [0.3, 0.4) is 0 Å². The zero-order chi connectivity index (χ0) is 23.6. The smallest absolute Gasteiger partial charge is 0.159 e. The molecule has 0 aliphatic heterocycles. The summed E-state index contributed by atoms with van der Waals surface area (Å²) in [7, 11) is 0.